The van der Waals surface area contributed by atoms with Crippen LogP contribution in [-0.2, 0) is 29.2 Å². The normalized spacial score (nSPS) is 17.5. The van der Waals surface area contributed by atoms with Crippen LogP contribution < -0.4 is 4.90 Å². The molecule has 1 saturated heterocycles. The third-order valence-corrected chi connectivity index (χ3v) is 8.85. The highest BCUT2D eigenvalue weighted by Crippen LogP contribution is 2.39. The van der Waals surface area contributed by atoms with Crippen LogP contribution in [0.1, 0.15) is 50.1 Å². The number of benzene rings is 1. The van der Waals surface area contributed by atoms with Crippen molar-refractivity contribution in [3.8, 4) is 11.4 Å². The van der Waals surface area contributed by atoms with Crippen molar-refractivity contribution in [1.82, 2.24) is 24.7 Å². The van der Waals surface area contributed by atoms with Crippen LogP contribution in [0.25, 0.3) is 22.2 Å². The third-order valence-electron chi connectivity index (χ3n) is 7.82. The van der Waals surface area contributed by atoms with Gasteiger partial charge >= 0.3 is 0 Å². The van der Waals surface area contributed by atoms with E-state index in [1.54, 1.807) is 17.1 Å². The van der Waals surface area contributed by atoms with Gasteiger partial charge in [-0.25, -0.2) is 18.4 Å². The fourth-order valence-corrected chi connectivity index (χ4v) is 6.76. The number of anilines is 1. The van der Waals surface area contributed by atoms with E-state index in [4.69, 9.17) is 15.1 Å². The molecule has 212 valence electrons. The summed E-state index contributed by atoms with van der Waals surface area (Å²) in [5, 5.41) is 15.7. The molecule has 1 fully saturated rings. The lowest BCUT2D eigenvalue weighted by Gasteiger charge is -2.48. The summed E-state index contributed by atoms with van der Waals surface area (Å²) in [6.45, 7) is 7.76. The fourth-order valence-electron chi connectivity index (χ4n) is 5.60. The summed E-state index contributed by atoms with van der Waals surface area (Å²) in [4.78, 5) is 16.3. The minimum atomic E-state index is -2.99. The predicted molar refractivity (Wildman–Crippen MR) is 158 cm³/mol. The Hall–Kier alpha value is -3.37. The Morgan fingerprint density at radius 3 is 2.60 bits per heavy atom. The molecule has 1 aliphatic heterocycles. The summed E-state index contributed by atoms with van der Waals surface area (Å²) >= 11 is 0. The lowest BCUT2D eigenvalue weighted by molar-refractivity contribution is 0.269. The summed E-state index contributed by atoms with van der Waals surface area (Å²) < 4.78 is 25.3. The number of aliphatic hydroxyl groups excluding tert-OH is 1. The Morgan fingerprint density at radius 1 is 1.07 bits per heavy atom. The summed E-state index contributed by atoms with van der Waals surface area (Å²) in [7, 11) is -2.99. The van der Waals surface area contributed by atoms with Gasteiger partial charge in [-0.1, -0.05) is 19.9 Å². The third kappa shape index (κ3) is 6.18. The van der Waals surface area contributed by atoms with Crippen molar-refractivity contribution in [1.29, 1.82) is 0 Å². The van der Waals surface area contributed by atoms with E-state index in [1.807, 2.05) is 18.5 Å². The number of aliphatic hydroxyl groups is 1. The van der Waals surface area contributed by atoms with Crippen LogP contribution in [0.3, 0.4) is 0 Å². The quantitative estimate of drug-likeness (QED) is 0.291. The number of aromatic nitrogens is 5. The molecule has 4 heterocycles. The monoisotopic (exact) mass is 562 g/mol. The Balaban J connectivity index is 1.30. The van der Waals surface area contributed by atoms with Crippen LogP contribution in [0.2, 0.25) is 0 Å². The summed E-state index contributed by atoms with van der Waals surface area (Å²) in [6, 6.07) is 8.74. The minimum Gasteiger partial charge on any atom is -0.394 e. The molecule has 0 radical (unpaired) electrons. The molecule has 1 N–H and O–H groups in total. The van der Waals surface area contributed by atoms with Gasteiger partial charge in [0, 0.05) is 65.8 Å². The Bertz CT molecular complexity index is 1600. The highest BCUT2D eigenvalue weighted by Gasteiger charge is 2.38. The van der Waals surface area contributed by atoms with E-state index in [9.17, 15) is 8.42 Å². The molecule has 0 spiro atoms. The maximum atomic E-state index is 11.8. The molecular formula is C30H38N6O3S. The van der Waals surface area contributed by atoms with Gasteiger partial charge in [-0.3, -0.25) is 9.67 Å². The topological polar surface area (TPSA) is 114 Å². The molecule has 1 aromatic carbocycles. The molecule has 3 aromatic heterocycles. The van der Waals surface area contributed by atoms with Gasteiger partial charge < -0.3 is 10.0 Å². The van der Waals surface area contributed by atoms with Crippen LogP contribution in [0.5, 0.6) is 0 Å². The van der Waals surface area contributed by atoms with Crippen molar-refractivity contribution < 1.29 is 13.5 Å². The molecule has 10 heteroatoms. The van der Waals surface area contributed by atoms with E-state index in [0.717, 1.165) is 53.8 Å². The molecule has 0 bridgehead atoms. The summed E-state index contributed by atoms with van der Waals surface area (Å²) in [5.41, 5.74) is 5.29. The van der Waals surface area contributed by atoms with Gasteiger partial charge in [0.1, 0.15) is 9.84 Å². The molecule has 5 rings (SSSR count). The van der Waals surface area contributed by atoms with E-state index in [-0.39, 0.29) is 24.3 Å². The SMILES string of the molecule is CC(C)c1ccc(N2C[C@H](CS(C)(=O)=O)[C@H]2C)c2cnc(CCCc3ccnc(-c4cnn(CCO)c4)n3)cc12. The van der Waals surface area contributed by atoms with E-state index in [2.05, 4.69) is 54.0 Å². The highest BCUT2D eigenvalue weighted by atomic mass is 32.2. The van der Waals surface area contributed by atoms with Gasteiger partial charge in [-0.15, -0.1) is 0 Å². The first kappa shape index (κ1) is 28.2. The molecule has 0 amide bonds. The van der Waals surface area contributed by atoms with Crippen molar-refractivity contribution >= 4 is 26.3 Å². The first-order valence-corrected chi connectivity index (χ1v) is 16.0. The van der Waals surface area contributed by atoms with Crippen molar-refractivity contribution in [2.24, 2.45) is 5.92 Å². The maximum Gasteiger partial charge on any atom is 0.162 e. The van der Waals surface area contributed by atoms with Crippen molar-refractivity contribution in [2.45, 2.75) is 58.5 Å². The smallest absolute Gasteiger partial charge is 0.162 e. The van der Waals surface area contributed by atoms with Crippen LogP contribution in [0.4, 0.5) is 5.69 Å². The minimum absolute atomic E-state index is 0.0357. The fraction of sp³-hybridized carbons (Fsp3) is 0.467. The standard InChI is InChI=1S/C30H38N6O3S/c1-20(2)26-8-9-29(36-18-23(21(36)3)19-40(4,38)39)28-16-32-25(14-27(26)28)7-5-6-24-10-11-31-30(34-24)22-15-33-35(17-22)12-13-37/h8-11,14-17,20-21,23,37H,5-7,12-13,18-19H2,1-4H3/t21-,23-/m1/s1. The number of fused-ring (bicyclic) bond motifs is 1. The number of pyridine rings is 1. The lowest BCUT2D eigenvalue weighted by Crippen LogP contribution is -2.57. The molecule has 0 unspecified atom stereocenters. The lowest BCUT2D eigenvalue weighted by atomic mass is 9.88. The zero-order valence-corrected chi connectivity index (χ0v) is 24.5. The zero-order chi connectivity index (χ0) is 28.4. The maximum absolute atomic E-state index is 11.8. The van der Waals surface area contributed by atoms with E-state index in [1.165, 1.54) is 17.2 Å². The van der Waals surface area contributed by atoms with Crippen LogP contribution in [0, 0.1) is 5.92 Å². The van der Waals surface area contributed by atoms with Crippen LogP contribution >= 0.6 is 0 Å². The second-order valence-electron chi connectivity index (χ2n) is 11.2. The second-order valence-corrected chi connectivity index (χ2v) is 13.4. The van der Waals surface area contributed by atoms with Gasteiger partial charge in [0.2, 0.25) is 0 Å². The van der Waals surface area contributed by atoms with Crippen LogP contribution in [-0.4, -0.2) is 69.5 Å². The number of aryl methyl sites for hydroxylation is 2. The molecule has 1 aliphatic rings. The predicted octanol–water partition coefficient (Wildman–Crippen LogP) is 4.05. The number of hydrogen-bond acceptors (Lipinski definition) is 8. The average Bonchev–Trinajstić information content (AvgIpc) is 3.39. The summed E-state index contributed by atoms with van der Waals surface area (Å²) in [5.74, 6) is 1.40. The summed E-state index contributed by atoms with van der Waals surface area (Å²) in [6.07, 6.45) is 11.2. The molecule has 9 nitrogen and oxygen atoms in total. The molecule has 0 aliphatic carbocycles. The highest BCUT2D eigenvalue weighted by molar-refractivity contribution is 7.90. The van der Waals surface area contributed by atoms with Crippen LogP contribution in [0.15, 0.2) is 49.1 Å². The molecule has 40 heavy (non-hydrogen) atoms. The second kappa shape index (κ2) is 11.6. The molecule has 2 atom stereocenters. The van der Waals surface area contributed by atoms with E-state index >= 15 is 0 Å². The Morgan fingerprint density at radius 2 is 1.88 bits per heavy atom. The first-order chi connectivity index (χ1) is 19.1. The van der Waals surface area contributed by atoms with Crippen molar-refractivity contribution in [2.75, 3.05) is 30.1 Å². The van der Waals surface area contributed by atoms with Gasteiger partial charge in [-0.2, -0.15) is 5.10 Å². The largest absolute Gasteiger partial charge is 0.394 e. The molecule has 4 aromatic rings. The average molecular weight is 563 g/mol. The molecular weight excluding hydrogens is 524 g/mol. The Kier molecular flexibility index (Phi) is 8.19. The Labute approximate surface area is 236 Å². The van der Waals surface area contributed by atoms with Gasteiger partial charge in [0.25, 0.3) is 0 Å². The van der Waals surface area contributed by atoms with Gasteiger partial charge in [0.05, 0.1) is 30.7 Å². The van der Waals surface area contributed by atoms with Gasteiger partial charge in [-0.05, 0) is 61.3 Å². The number of rotatable bonds is 11. The number of hydrogen-bond donors (Lipinski definition) is 1. The van der Waals surface area contributed by atoms with E-state index < -0.39 is 9.84 Å². The first-order valence-electron chi connectivity index (χ1n) is 13.9. The van der Waals surface area contributed by atoms with Gasteiger partial charge in [0.15, 0.2) is 5.82 Å². The number of sulfone groups is 1. The zero-order valence-electron chi connectivity index (χ0n) is 23.7. The van der Waals surface area contributed by atoms with Crippen molar-refractivity contribution in [3.63, 3.8) is 0 Å². The molecule has 0 saturated carbocycles. The number of nitrogens with zero attached hydrogens (tertiary/aromatic N) is 6. The van der Waals surface area contributed by atoms with Crippen molar-refractivity contribution in [3.05, 3.63) is 66.0 Å². The van der Waals surface area contributed by atoms with E-state index in [0.29, 0.717) is 18.3 Å².